The van der Waals surface area contributed by atoms with Gasteiger partial charge in [0.2, 0.25) is 17.7 Å². The summed E-state index contributed by atoms with van der Waals surface area (Å²) >= 11 is 5.96. The van der Waals surface area contributed by atoms with Gasteiger partial charge in [0.25, 0.3) is 5.91 Å². The molecule has 208 valence electrons. The van der Waals surface area contributed by atoms with E-state index in [2.05, 4.69) is 20.7 Å². The molecule has 4 amide bonds. The van der Waals surface area contributed by atoms with Crippen molar-refractivity contribution in [1.82, 2.24) is 19.7 Å². The summed E-state index contributed by atoms with van der Waals surface area (Å²) in [5.74, 6) is -1.39. The number of fused-ring (bicyclic) bond motifs is 3. The number of carbonyl (C=O) groups excluding carboxylic acids is 4. The Morgan fingerprint density at radius 1 is 1.07 bits per heavy atom. The molecule has 1 unspecified atom stereocenters. The van der Waals surface area contributed by atoms with E-state index in [1.807, 2.05) is 0 Å². The Morgan fingerprint density at radius 2 is 1.93 bits per heavy atom. The number of amides is 4. The predicted octanol–water partition coefficient (Wildman–Crippen LogP) is 2.18. The molecule has 13 heteroatoms. The topological polar surface area (TPSA) is 162 Å². The van der Waals surface area contributed by atoms with Gasteiger partial charge in [-0.05, 0) is 61.9 Å². The minimum absolute atomic E-state index is 0.00707. The van der Waals surface area contributed by atoms with Gasteiger partial charge in [0.1, 0.15) is 23.6 Å². The van der Waals surface area contributed by atoms with E-state index in [-0.39, 0.29) is 53.0 Å². The minimum Gasteiger partial charge on any atom is -0.381 e. The number of benzene rings is 1. The molecule has 0 radical (unpaired) electrons. The van der Waals surface area contributed by atoms with Crippen molar-refractivity contribution < 1.29 is 23.9 Å². The SMILES string of the molecule is NC(=O)c1nn(CC(=O)N2[C@@H]3CC[C@@H](C3)[C@H]2C(=O)Nc2cccc(Cl)n2)c2ccc(NC(=O)C3CCOC3)cc12. The number of ether oxygens (including phenoxy) is 1. The van der Waals surface area contributed by atoms with Gasteiger partial charge in [0, 0.05) is 23.7 Å². The number of primary amides is 1. The molecule has 2 saturated heterocycles. The third-order valence-electron chi connectivity index (χ3n) is 7.94. The van der Waals surface area contributed by atoms with Gasteiger partial charge in [-0.3, -0.25) is 23.9 Å². The zero-order valence-electron chi connectivity index (χ0n) is 21.5. The summed E-state index contributed by atoms with van der Waals surface area (Å²) in [5, 5.41) is 10.7. The van der Waals surface area contributed by atoms with Crippen LogP contribution in [0, 0.1) is 11.8 Å². The summed E-state index contributed by atoms with van der Waals surface area (Å²) in [7, 11) is 0. The highest BCUT2D eigenvalue weighted by molar-refractivity contribution is 6.29. The van der Waals surface area contributed by atoms with Crippen LogP contribution in [-0.2, 0) is 25.7 Å². The number of rotatable bonds is 7. The van der Waals surface area contributed by atoms with Crippen molar-refractivity contribution in [3.63, 3.8) is 0 Å². The number of nitrogens with zero attached hydrogens (tertiary/aromatic N) is 4. The number of likely N-dealkylation sites (tertiary alicyclic amines) is 1. The maximum atomic E-state index is 13.7. The third kappa shape index (κ3) is 4.88. The molecule has 3 aromatic rings. The predicted molar refractivity (Wildman–Crippen MR) is 145 cm³/mol. The van der Waals surface area contributed by atoms with Gasteiger partial charge in [0.15, 0.2) is 5.69 Å². The van der Waals surface area contributed by atoms with Gasteiger partial charge in [-0.25, -0.2) is 4.98 Å². The molecule has 12 nitrogen and oxygen atoms in total. The lowest BCUT2D eigenvalue weighted by atomic mass is 9.97. The van der Waals surface area contributed by atoms with Gasteiger partial charge < -0.3 is 26.0 Å². The highest BCUT2D eigenvalue weighted by Gasteiger charge is 2.51. The Hall–Kier alpha value is -4.03. The fourth-order valence-corrected chi connectivity index (χ4v) is 6.28. The number of aromatic nitrogens is 3. The highest BCUT2D eigenvalue weighted by atomic mass is 35.5. The lowest BCUT2D eigenvalue weighted by molar-refractivity contribution is -0.141. The largest absolute Gasteiger partial charge is 0.381 e. The quantitative estimate of drug-likeness (QED) is 0.370. The van der Waals surface area contributed by atoms with Crippen LogP contribution in [-0.4, -0.2) is 68.6 Å². The molecule has 3 aliphatic rings. The van der Waals surface area contributed by atoms with Crippen LogP contribution < -0.4 is 16.4 Å². The molecule has 40 heavy (non-hydrogen) atoms. The molecule has 2 bridgehead atoms. The Labute approximate surface area is 234 Å². The van der Waals surface area contributed by atoms with Crippen LogP contribution in [0.3, 0.4) is 0 Å². The van der Waals surface area contributed by atoms with Crippen molar-refractivity contribution in [2.24, 2.45) is 17.6 Å². The molecule has 4 atom stereocenters. The van der Waals surface area contributed by atoms with E-state index < -0.39 is 11.9 Å². The summed E-state index contributed by atoms with van der Waals surface area (Å²) in [5.41, 5.74) is 6.60. The van der Waals surface area contributed by atoms with Gasteiger partial charge in [0.05, 0.1) is 18.0 Å². The van der Waals surface area contributed by atoms with Crippen molar-refractivity contribution in [2.75, 3.05) is 23.8 Å². The number of hydrogen-bond donors (Lipinski definition) is 3. The van der Waals surface area contributed by atoms with Crippen molar-refractivity contribution >= 4 is 57.6 Å². The highest BCUT2D eigenvalue weighted by Crippen LogP contribution is 2.43. The average Bonchev–Trinajstić information content (AvgIpc) is 3.72. The molecule has 4 heterocycles. The maximum Gasteiger partial charge on any atom is 0.269 e. The number of piperidine rings is 1. The first-order valence-electron chi connectivity index (χ1n) is 13.2. The van der Waals surface area contributed by atoms with Crippen LogP contribution in [0.25, 0.3) is 10.9 Å². The monoisotopic (exact) mass is 565 g/mol. The first kappa shape index (κ1) is 26.2. The van der Waals surface area contributed by atoms with E-state index >= 15 is 0 Å². The van der Waals surface area contributed by atoms with Crippen molar-refractivity contribution in [1.29, 1.82) is 0 Å². The van der Waals surface area contributed by atoms with Crippen molar-refractivity contribution in [3.05, 3.63) is 47.2 Å². The van der Waals surface area contributed by atoms with E-state index in [0.717, 1.165) is 19.3 Å². The summed E-state index contributed by atoms with van der Waals surface area (Å²) in [4.78, 5) is 57.5. The number of nitrogens with one attached hydrogen (secondary N) is 2. The molecule has 0 spiro atoms. The smallest absolute Gasteiger partial charge is 0.269 e. The number of halogens is 1. The third-order valence-corrected chi connectivity index (χ3v) is 8.16. The summed E-state index contributed by atoms with van der Waals surface area (Å²) in [6, 6.07) is 9.24. The Morgan fingerprint density at radius 3 is 2.67 bits per heavy atom. The molecular formula is C27H28ClN7O5. The van der Waals surface area contributed by atoms with Gasteiger partial charge in [-0.15, -0.1) is 0 Å². The lowest BCUT2D eigenvalue weighted by Crippen LogP contribution is -2.52. The lowest BCUT2D eigenvalue weighted by Gasteiger charge is -2.34. The van der Waals surface area contributed by atoms with Gasteiger partial charge in [-0.1, -0.05) is 17.7 Å². The molecule has 3 fully saturated rings. The second-order valence-corrected chi connectivity index (χ2v) is 10.8. The van der Waals surface area contributed by atoms with Crippen LogP contribution in [0.15, 0.2) is 36.4 Å². The fourth-order valence-electron chi connectivity index (χ4n) is 6.12. The van der Waals surface area contributed by atoms with Crippen LogP contribution in [0.4, 0.5) is 11.5 Å². The van der Waals surface area contributed by atoms with Gasteiger partial charge in [-0.2, -0.15) is 5.10 Å². The summed E-state index contributed by atoms with van der Waals surface area (Å²) in [6.07, 6.45) is 3.06. The zero-order chi connectivity index (χ0) is 28.0. The zero-order valence-corrected chi connectivity index (χ0v) is 22.3. The molecule has 1 aliphatic carbocycles. The number of nitrogens with two attached hydrogens (primary N) is 1. The van der Waals surface area contributed by atoms with Crippen LogP contribution in [0.5, 0.6) is 0 Å². The molecule has 4 N–H and O–H groups in total. The Bertz CT molecular complexity index is 1520. The molecule has 2 aromatic heterocycles. The summed E-state index contributed by atoms with van der Waals surface area (Å²) in [6.45, 7) is 0.729. The van der Waals surface area contributed by atoms with Crippen molar-refractivity contribution in [2.45, 2.75) is 44.3 Å². The number of hydrogen-bond acceptors (Lipinski definition) is 7. The fraction of sp³-hybridized carbons (Fsp3) is 0.407. The Balaban J connectivity index is 1.23. The summed E-state index contributed by atoms with van der Waals surface area (Å²) < 4.78 is 6.71. The van der Waals surface area contributed by atoms with Crippen LogP contribution in [0.2, 0.25) is 5.15 Å². The second kappa shape index (κ2) is 10.5. The maximum absolute atomic E-state index is 13.7. The van der Waals surface area contributed by atoms with Gasteiger partial charge >= 0.3 is 0 Å². The normalized spacial score (nSPS) is 23.5. The van der Waals surface area contributed by atoms with Crippen molar-refractivity contribution in [3.8, 4) is 0 Å². The van der Waals surface area contributed by atoms with E-state index in [9.17, 15) is 19.2 Å². The van der Waals surface area contributed by atoms with Crippen LogP contribution >= 0.6 is 11.6 Å². The first-order valence-corrected chi connectivity index (χ1v) is 13.6. The van der Waals surface area contributed by atoms with E-state index in [0.29, 0.717) is 42.0 Å². The second-order valence-electron chi connectivity index (χ2n) is 10.5. The average molecular weight is 566 g/mol. The van der Waals surface area contributed by atoms with Crippen LogP contribution in [0.1, 0.15) is 36.2 Å². The molecule has 6 rings (SSSR count). The van der Waals surface area contributed by atoms with E-state index in [1.54, 1.807) is 41.3 Å². The molecule has 2 aliphatic heterocycles. The standard InChI is InChI=1S/C27H28ClN7O5/c28-20-2-1-3-21(31-20)32-27(39)24-14-4-6-17(10-14)35(24)22(36)12-34-19-7-5-16(11-18(19)23(33-34)25(29)37)30-26(38)15-8-9-40-13-15/h1-3,5,7,11,14-15,17,24H,4,6,8-10,12-13H2,(H2,29,37)(H,30,38)(H,31,32,39)/t14-,15?,17+,24-/m0/s1. The molecule has 1 aromatic carbocycles. The first-order chi connectivity index (χ1) is 19.3. The number of carbonyl (C=O) groups is 4. The minimum atomic E-state index is -0.754. The number of anilines is 2. The van der Waals surface area contributed by atoms with E-state index in [4.69, 9.17) is 22.1 Å². The Kier molecular flexibility index (Phi) is 6.88. The number of pyridine rings is 1. The molecular weight excluding hydrogens is 538 g/mol. The molecule has 1 saturated carbocycles. The van der Waals surface area contributed by atoms with E-state index in [1.165, 1.54) is 4.68 Å².